The normalized spacial score (nSPS) is 38.7. The lowest BCUT2D eigenvalue weighted by Crippen LogP contribution is -2.52. The molecule has 4 nitrogen and oxygen atoms in total. The molecule has 19 heavy (non-hydrogen) atoms. The fraction of sp³-hybridized carbons (Fsp3) is 1.00. The second kappa shape index (κ2) is 6.53. The molecular weight excluding hydrogens is 242 g/mol. The van der Waals surface area contributed by atoms with Crippen molar-refractivity contribution in [2.24, 2.45) is 11.8 Å². The highest BCUT2D eigenvalue weighted by Gasteiger charge is 2.38. The molecule has 3 rings (SSSR count). The third kappa shape index (κ3) is 3.30. The molecule has 110 valence electrons. The zero-order valence-electron chi connectivity index (χ0n) is 11.8. The molecule has 1 saturated carbocycles. The summed E-state index contributed by atoms with van der Waals surface area (Å²) in [4.78, 5) is 2.60. The first kappa shape index (κ1) is 13.8. The molecule has 3 aliphatic rings. The van der Waals surface area contributed by atoms with E-state index in [0.717, 1.165) is 45.3 Å². The van der Waals surface area contributed by atoms with Crippen LogP contribution in [-0.4, -0.2) is 61.7 Å². The van der Waals surface area contributed by atoms with E-state index in [4.69, 9.17) is 9.47 Å². The summed E-state index contributed by atoms with van der Waals surface area (Å²) < 4.78 is 11.1. The van der Waals surface area contributed by atoms with E-state index in [2.05, 4.69) is 4.90 Å². The Morgan fingerprint density at radius 2 is 1.84 bits per heavy atom. The standard InChI is InChI=1S/C15H27NO3/c17-15-3-1-2-13(15)14-11-19-9-6-16(14)10-12-4-7-18-8-5-12/h12-15,17H,1-11H2/t13-,14+,15+/m0/s1. The second-order valence-electron chi connectivity index (χ2n) is 6.36. The van der Waals surface area contributed by atoms with Crippen molar-refractivity contribution in [3.05, 3.63) is 0 Å². The molecule has 1 aliphatic carbocycles. The van der Waals surface area contributed by atoms with E-state index in [9.17, 15) is 5.11 Å². The quantitative estimate of drug-likeness (QED) is 0.838. The lowest BCUT2D eigenvalue weighted by molar-refractivity contribution is -0.0615. The van der Waals surface area contributed by atoms with E-state index >= 15 is 0 Å². The van der Waals surface area contributed by atoms with Crippen molar-refractivity contribution >= 4 is 0 Å². The van der Waals surface area contributed by atoms with Crippen LogP contribution < -0.4 is 0 Å². The predicted octanol–water partition coefficient (Wildman–Crippen LogP) is 1.27. The van der Waals surface area contributed by atoms with Gasteiger partial charge in [-0.2, -0.15) is 0 Å². The largest absolute Gasteiger partial charge is 0.393 e. The Labute approximate surface area is 116 Å². The summed E-state index contributed by atoms with van der Waals surface area (Å²) in [7, 11) is 0. The van der Waals surface area contributed by atoms with Crippen molar-refractivity contribution in [3.8, 4) is 0 Å². The van der Waals surface area contributed by atoms with Crippen molar-refractivity contribution in [1.82, 2.24) is 4.90 Å². The van der Waals surface area contributed by atoms with E-state index < -0.39 is 0 Å². The Kier molecular flexibility index (Phi) is 4.74. The van der Waals surface area contributed by atoms with E-state index in [1.807, 2.05) is 0 Å². The second-order valence-corrected chi connectivity index (χ2v) is 6.36. The van der Waals surface area contributed by atoms with Gasteiger partial charge in [0, 0.05) is 38.3 Å². The highest BCUT2D eigenvalue weighted by molar-refractivity contribution is 4.90. The molecule has 0 aromatic heterocycles. The van der Waals surface area contributed by atoms with Crippen molar-refractivity contribution in [2.45, 2.75) is 44.2 Å². The van der Waals surface area contributed by atoms with E-state index in [1.54, 1.807) is 0 Å². The minimum Gasteiger partial charge on any atom is -0.393 e. The molecule has 0 spiro atoms. The van der Waals surface area contributed by atoms with Gasteiger partial charge in [-0.25, -0.2) is 0 Å². The summed E-state index contributed by atoms with van der Waals surface area (Å²) in [6.45, 7) is 5.71. The van der Waals surface area contributed by atoms with E-state index in [0.29, 0.717) is 12.0 Å². The molecule has 3 fully saturated rings. The van der Waals surface area contributed by atoms with Crippen LogP contribution in [0.2, 0.25) is 0 Å². The first-order chi connectivity index (χ1) is 9.34. The predicted molar refractivity (Wildman–Crippen MR) is 73.1 cm³/mol. The molecule has 0 unspecified atom stereocenters. The third-order valence-electron chi connectivity index (χ3n) is 5.14. The number of hydrogen-bond donors (Lipinski definition) is 1. The molecule has 2 aliphatic heterocycles. The van der Waals surface area contributed by atoms with Crippen LogP contribution >= 0.6 is 0 Å². The van der Waals surface area contributed by atoms with Gasteiger partial charge in [-0.05, 0) is 31.6 Å². The molecular formula is C15H27NO3. The number of morpholine rings is 1. The van der Waals surface area contributed by atoms with Gasteiger partial charge in [0.05, 0.1) is 19.3 Å². The minimum absolute atomic E-state index is 0.108. The zero-order valence-corrected chi connectivity index (χ0v) is 11.8. The average Bonchev–Trinajstić information content (AvgIpc) is 2.87. The molecule has 2 saturated heterocycles. The molecule has 3 atom stereocenters. The van der Waals surface area contributed by atoms with Gasteiger partial charge in [-0.3, -0.25) is 4.90 Å². The lowest BCUT2D eigenvalue weighted by atomic mass is 9.92. The molecule has 0 aromatic carbocycles. The molecule has 0 aromatic rings. The van der Waals surface area contributed by atoms with Crippen molar-refractivity contribution in [1.29, 1.82) is 0 Å². The third-order valence-corrected chi connectivity index (χ3v) is 5.14. The summed E-state index contributed by atoms with van der Waals surface area (Å²) >= 11 is 0. The fourth-order valence-electron chi connectivity index (χ4n) is 3.96. The van der Waals surface area contributed by atoms with Crippen molar-refractivity contribution < 1.29 is 14.6 Å². The Morgan fingerprint density at radius 1 is 1.00 bits per heavy atom. The molecule has 2 heterocycles. The van der Waals surface area contributed by atoms with Gasteiger partial charge in [-0.1, -0.05) is 6.42 Å². The smallest absolute Gasteiger partial charge is 0.0626 e. The monoisotopic (exact) mass is 269 g/mol. The van der Waals surface area contributed by atoms with Gasteiger partial charge in [0.1, 0.15) is 0 Å². The highest BCUT2D eigenvalue weighted by atomic mass is 16.5. The van der Waals surface area contributed by atoms with Crippen LogP contribution in [0.25, 0.3) is 0 Å². The molecule has 4 heteroatoms. The van der Waals surface area contributed by atoms with Gasteiger partial charge in [0.15, 0.2) is 0 Å². The van der Waals surface area contributed by atoms with E-state index in [1.165, 1.54) is 32.2 Å². The van der Waals surface area contributed by atoms with Crippen LogP contribution in [0, 0.1) is 11.8 Å². The number of rotatable bonds is 3. The van der Waals surface area contributed by atoms with Crippen LogP contribution in [0.4, 0.5) is 0 Å². The fourth-order valence-corrected chi connectivity index (χ4v) is 3.96. The number of nitrogens with zero attached hydrogens (tertiary/aromatic N) is 1. The van der Waals surface area contributed by atoms with Gasteiger partial charge in [0.2, 0.25) is 0 Å². The van der Waals surface area contributed by atoms with Gasteiger partial charge >= 0.3 is 0 Å². The van der Waals surface area contributed by atoms with Crippen LogP contribution in [-0.2, 0) is 9.47 Å². The lowest BCUT2D eigenvalue weighted by Gasteiger charge is -2.42. The summed E-state index contributed by atoms with van der Waals surface area (Å²) in [6, 6.07) is 0.439. The van der Waals surface area contributed by atoms with Gasteiger partial charge < -0.3 is 14.6 Å². The summed E-state index contributed by atoms with van der Waals surface area (Å²) in [5, 5.41) is 10.2. The topological polar surface area (TPSA) is 41.9 Å². The van der Waals surface area contributed by atoms with Crippen LogP contribution in [0.5, 0.6) is 0 Å². The number of ether oxygens (including phenoxy) is 2. The first-order valence-electron chi connectivity index (χ1n) is 7.92. The molecule has 0 amide bonds. The summed E-state index contributed by atoms with van der Waals surface area (Å²) in [5.41, 5.74) is 0. The average molecular weight is 269 g/mol. The first-order valence-corrected chi connectivity index (χ1v) is 7.92. The number of aliphatic hydroxyl groups excluding tert-OH is 1. The van der Waals surface area contributed by atoms with E-state index in [-0.39, 0.29) is 6.10 Å². The van der Waals surface area contributed by atoms with Crippen molar-refractivity contribution in [3.63, 3.8) is 0 Å². The maximum Gasteiger partial charge on any atom is 0.0626 e. The Bertz CT molecular complexity index is 281. The van der Waals surface area contributed by atoms with Gasteiger partial charge in [0.25, 0.3) is 0 Å². The van der Waals surface area contributed by atoms with Crippen molar-refractivity contribution in [2.75, 3.05) is 39.5 Å². The summed E-state index contributed by atoms with van der Waals surface area (Å²) in [6.07, 6.45) is 5.59. The van der Waals surface area contributed by atoms with Crippen LogP contribution in [0.15, 0.2) is 0 Å². The Morgan fingerprint density at radius 3 is 2.58 bits per heavy atom. The molecule has 1 N–H and O–H groups in total. The maximum absolute atomic E-state index is 10.2. The Hall–Kier alpha value is -0.160. The molecule has 0 bridgehead atoms. The summed E-state index contributed by atoms with van der Waals surface area (Å²) in [5.74, 6) is 1.20. The number of aliphatic hydroxyl groups is 1. The van der Waals surface area contributed by atoms with Gasteiger partial charge in [-0.15, -0.1) is 0 Å². The minimum atomic E-state index is -0.108. The van der Waals surface area contributed by atoms with Crippen LogP contribution in [0.3, 0.4) is 0 Å². The highest BCUT2D eigenvalue weighted by Crippen LogP contribution is 2.33. The Balaban J connectivity index is 1.59. The molecule has 0 radical (unpaired) electrons. The maximum atomic E-state index is 10.2. The van der Waals surface area contributed by atoms with Crippen LogP contribution in [0.1, 0.15) is 32.1 Å². The zero-order chi connectivity index (χ0) is 13.1. The SMILES string of the molecule is O[C@@H]1CCC[C@H]1[C@H]1COCCN1CC1CCOCC1. The number of hydrogen-bond acceptors (Lipinski definition) is 4.